The smallest absolute Gasteiger partial charge is 0.327 e. The van der Waals surface area contributed by atoms with Crippen molar-refractivity contribution < 1.29 is 9.53 Å². The lowest BCUT2D eigenvalue weighted by molar-refractivity contribution is -0.143. The van der Waals surface area contributed by atoms with Crippen molar-refractivity contribution >= 4 is 33.5 Å². The molecule has 1 rings (SSSR count). The third kappa shape index (κ3) is 3.20. The van der Waals surface area contributed by atoms with Gasteiger partial charge < -0.3 is 10.1 Å². The minimum Gasteiger partial charge on any atom is -0.468 e. The molecule has 0 aliphatic rings. The lowest BCUT2D eigenvalue weighted by atomic mass is 10.1. The molecule has 0 saturated carbocycles. The van der Waals surface area contributed by atoms with Crippen molar-refractivity contribution in [1.82, 2.24) is 5.32 Å². The van der Waals surface area contributed by atoms with Crippen LogP contribution in [0.5, 0.6) is 0 Å². The molecule has 0 amide bonds. The first kappa shape index (κ1) is 13.5. The maximum absolute atomic E-state index is 11.6. The van der Waals surface area contributed by atoms with Crippen LogP contribution < -0.4 is 5.32 Å². The molecule has 1 unspecified atom stereocenters. The fourth-order valence-electron chi connectivity index (χ4n) is 1.38. The van der Waals surface area contributed by atoms with Crippen molar-refractivity contribution in [2.75, 3.05) is 13.7 Å². The summed E-state index contributed by atoms with van der Waals surface area (Å²) >= 11 is 9.40. The van der Waals surface area contributed by atoms with Crippen LogP contribution in [-0.2, 0) is 9.53 Å². The van der Waals surface area contributed by atoms with Crippen LogP contribution in [0, 0.1) is 0 Å². The summed E-state index contributed by atoms with van der Waals surface area (Å²) in [5, 5.41) is 3.57. The van der Waals surface area contributed by atoms with Crippen molar-refractivity contribution in [3.8, 4) is 0 Å². The van der Waals surface area contributed by atoms with Crippen LogP contribution >= 0.6 is 27.5 Å². The van der Waals surface area contributed by atoms with E-state index in [0.29, 0.717) is 11.6 Å². The Morgan fingerprint density at radius 1 is 1.62 bits per heavy atom. The molecule has 1 aromatic rings. The van der Waals surface area contributed by atoms with Crippen LogP contribution in [0.1, 0.15) is 18.5 Å². The number of likely N-dealkylation sites (N-methyl/N-ethyl adjacent to an activating group) is 1. The Kier molecular flexibility index (Phi) is 5.25. The third-order valence-corrected chi connectivity index (χ3v) is 2.94. The van der Waals surface area contributed by atoms with E-state index in [2.05, 4.69) is 21.2 Å². The van der Waals surface area contributed by atoms with Crippen molar-refractivity contribution in [3.63, 3.8) is 0 Å². The van der Waals surface area contributed by atoms with Gasteiger partial charge in [-0.1, -0.05) is 40.5 Å². The molecule has 0 fully saturated rings. The summed E-state index contributed by atoms with van der Waals surface area (Å²) in [4.78, 5) is 11.6. The van der Waals surface area contributed by atoms with Crippen LogP contribution in [0.3, 0.4) is 0 Å². The number of ether oxygens (including phenoxy) is 1. The molecule has 1 N–H and O–H groups in total. The summed E-state index contributed by atoms with van der Waals surface area (Å²) in [5.41, 5.74) is 0.721. The lowest BCUT2D eigenvalue weighted by Gasteiger charge is -2.17. The maximum atomic E-state index is 11.6. The van der Waals surface area contributed by atoms with Crippen LogP contribution in [0.2, 0.25) is 5.02 Å². The molecular formula is C11H13BrClNO2. The van der Waals surface area contributed by atoms with Gasteiger partial charge in [0.1, 0.15) is 6.04 Å². The number of halogens is 2. The number of rotatable bonds is 4. The Hall–Kier alpha value is -0.580. The average Bonchev–Trinajstić information content (AvgIpc) is 2.26. The number of hydrogen-bond acceptors (Lipinski definition) is 3. The van der Waals surface area contributed by atoms with E-state index < -0.39 is 6.04 Å². The van der Waals surface area contributed by atoms with Gasteiger partial charge in [0.25, 0.3) is 0 Å². The van der Waals surface area contributed by atoms with E-state index in [9.17, 15) is 4.79 Å². The Morgan fingerprint density at radius 2 is 2.31 bits per heavy atom. The van der Waals surface area contributed by atoms with Crippen LogP contribution in [0.4, 0.5) is 0 Å². The van der Waals surface area contributed by atoms with E-state index in [-0.39, 0.29) is 5.97 Å². The zero-order chi connectivity index (χ0) is 12.1. The lowest BCUT2D eigenvalue weighted by Crippen LogP contribution is -2.29. The monoisotopic (exact) mass is 305 g/mol. The van der Waals surface area contributed by atoms with E-state index in [1.54, 1.807) is 12.1 Å². The van der Waals surface area contributed by atoms with E-state index in [1.807, 2.05) is 13.0 Å². The molecule has 0 saturated heterocycles. The molecule has 1 atom stereocenters. The molecule has 0 aromatic heterocycles. The number of carbonyl (C=O) groups is 1. The fourth-order valence-corrected chi connectivity index (χ4v) is 2.16. The third-order valence-electron chi connectivity index (χ3n) is 2.12. The number of benzene rings is 1. The molecule has 0 aliphatic heterocycles. The van der Waals surface area contributed by atoms with Gasteiger partial charge >= 0.3 is 5.97 Å². The second-order valence-corrected chi connectivity index (χ2v) is 4.50. The second-order valence-electron chi connectivity index (χ2n) is 3.18. The van der Waals surface area contributed by atoms with Gasteiger partial charge in [-0.15, -0.1) is 0 Å². The van der Waals surface area contributed by atoms with E-state index in [0.717, 1.165) is 10.0 Å². The SMILES string of the molecule is CCNC(C(=O)OC)c1ccc(Br)cc1Cl. The summed E-state index contributed by atoms with van der Waals surface area (Å²) in [5.74, 6) is -0.342. The van der Waals surface area contributed by atoms with E-state index in [4.69, 9.17) is 16.3 Å². The number of hydrogen-bond donors (Lipinski definition) is 1. The quantitative estimate of drug-likeness (QED) is 0.869. The van der Waals surface area contributed by atoms with Gasteiger partial charge in [-0.3, -0.25) is 0 Å². The first-order chi connectivity index (χ1) is 7.60. The first-order valence-electron chi connectivity index (χ1n) is 4.86. The van der Waals surface area contributed by atoms with E-state index >= 15 is 0 Å². The molecular weight excluding hydrogens is 293 g/mol. The van der Waals surface area contributed by atoms with Gasteiger partial charge in [-0.05, 0) is 24.2 Å². The molecule has 1 aromatic carbocycles. The Morgan fingerprint density at radius 3 is 2.81 bits per heavy atom. The highest BCUT2D eigenvalue weighted by Crippen LogP contribution is 2.27. The summed E-state index contributed by atoms with van der Waals surface area (Å²) in [6, 6.07) is 4.88. The summed E-state index contributed by atoms with van der Waals surface area (Å²) in [6.45, 7) is 2.58. The van der Waals surface area contributed by atoms with Gasteiger partial charge in [0.15, 0.2) is 0 Å². The standard InChI is InChI=1S/C11H13BrClNO2/c1-3-14-10(11(15)16-2)8-5-4-7(12)6-9(8)13/h4-6,10,14H,3H2,1-2H3. The topological polar surface area (TPSA) is 38.3 Å². The molecule has 0 spiro atoms. The van der Waals surface area contributed by atoms with Gasteiger partial charge in [0.05, 0.1) is 7.11 Å². The summed E-state index contributed by atoms with van der Waals surface area (Å²) in [6.07, 6.45) is 0. The fraction of sp³-hybridized carbons (Fsp3) is 0.364. The highest BCUT2D eigenvalue weighted by Gasteiger charge is 2.22. The largest absolute Gasteiger partial charge is 0.468 e. The van der Waals surface area contributed by atoms with Crippen molar-refractivity contribution in [1.29, 1.82) is 0 Å². The zero-order valence-corrected chi connectivity index (χ0v) is 11.4. The van der Waals surface area contributed by atoms with Gasteiger partial charge in [0.2, 0.25) is 0 Å². The second kappa shape index (κ2) is 6.23. The normalized spacial score (nSPS) is 12.2. The average molecular weight is 307 g/mol. The predicted octanol–water partition coefficient (Wildman–Crippen LogP) is 2.93. The highest BCUT2D eigenvalue weighted by atomic mass is 79.9. The number of methoxy groups -OCH3 is 1. The Balaban J connectivity index is 3.05. The minimum atomic E-state index is -0.518. The maximum Gasteiger partial charge on any atom is 0.327 e. The van der Waals surface area contributed by atoms with Gasteiger partial charge in [-0.25, -0.2) is 4.79 Å². The van der Waals surface area contributed by atoms with Gasteiger partial charge in [-0.2, -0.15) is 0 Å². The Labute approximate surface area is 108 Å². The predicted molar refractivity (Wildman–Crippen MR) is 67.6 cm³/mol. The number of nitrogens with one attached hydrogen (secondary N) is 1. The van der Waals surface area contributed by atoms with E-state index in [1.165, 1.54) is 7.11 Å². The van der Waals surface area contributed by atoms with Crippen LogP contribution in [0.15, 0.2) is 22.7 Å². The molecule has 0 radical (unpaired) electrons. The van der Waals surface area contributed by atoms with Crippen LogP contribution in [-0.4, -0.2) is 19.6 Å². The molecule has 0 heterocycles. The van der Waals surface area contributed by atoms with Gasteiger partial charge in [0, 0.05) is 9.50 Å². The highest BCUT2D eigenvalue weighted by molar-refractivity contribution is 9.10. The molecule has 88 valence electrons. The van der Waals surface area contributed by atoms with Crippen molar-refractivity contribution in [2.24, 2.45) is 0 Å². The summed E-state index contributed by atoms with van der Waals surface area (Å²) in [7, 11) is 1.36. The number of carbonyl (C=O) groups excluding carboxylic acids is 1. The van der Waals surface area contributed by atoms with Crippen molar-refractivity contribution in [3.05, 3.63) is 33.3 Å². The molecule has 3 nitrogen and oxygen atoms in total. The zero-order valence-electron chi connectivity index (χ0n) is 9.09. The minimum absolute atomic E-state index is 0.342. The molecule has 5 heteroatoms. The van der Waals surface area contributed by atoms with Crippen LogP contribution in [0.25, 0.3) is 0 Å². The first-order valence-corrected chi connectivity index (χ1v) is 6.03. The molecule has 0 aliphatic carbocycles. The molecule has 0 bridgehead atoms. The summed E-state index contributed by atoms with van der Waals surface area (Å²) < 4.78 is 5.61. The molecule has 16 heavy (non-hydrogen) atoms. The Bertz CT molecular complexity index is 384. The van der Waals surface area contributed by atoms with Crippen molar-refractivity contribution in [2.45, 2.75) is 13.0 Å². The number of esters is 1.